The molecule has 0 spiro atoms. The average molecular weight is 253 g/mol. The molecule has 6 heteroatoms. The van der Waals surface area contributed by atoms with Gasteiger partial charge in [-0.1, -0.05) is 6.58 Å². The number of hydrogen-bond donors (Lipinski definition) is 1. The Kier molecular flexibility index (Phi) is 2.49. The summed E-state index contributed by atoms with van der Waals surface area (Å²) in [6.07, 6.45) is 4.99. The van der Waals surface area contributed by atoms with E-state index in [1.165, 1.54) is 4.90 Å². The third-order valence-electron chi connectivity index (χ3n) is 2.73. The van der Waals surface area contributed by atoms with Crippen molar-refractivity contribution < 1.29 is 4.79 Å². The van der Waals surface area contributed by atoms with E-state index in [-0.39, 0.29) is 6.03 Å². The van der Waals surface area contributed by atoms with Crippen LogP contribution in [0.5, 0.6) is 0 Å². The lowest BCUT2D eigenvalue weighted by molar-refractivity contribution is 0.250. The quantitative estimate of drug-likeness (QED) is 0.842. The first-order valence-electron chi connectivity index (χ1n) is 5.72. The van der Waals surface area contributed by atoms with Gasteiger partial charge in [-0.2, -0.15) is 0 Å². The van der Waals surface area contributed by atoms with E-state index in [0.717, 1.165) is 0 Å². The van der Waals surface area contributed by atoms with Crippen molar-refractivity contribution in [3.8, 4) is 0 Å². The van der Waals surface area contributed by atoms with Crippen molar-refractivity contribution in [1.82, 2.24) is 20.3 Å². The van der Waals surface area contributed by atoms with E-state index in [1.807, 2.05) is 6.07 Å². The van der Waals surface area contributed by atoms with Crippen molar-refractivity contribution in [2.75, 3.05) is 4.90 Å². The van der Waals surface area contributed by atoms with E-state index in [0.29, 0.717) is 28.4 Å². The van der Waals surface area contributed by atoms with Gasteiger partial charge >= 0.3 is 6.03 Å². The molecule has 3 rings (SSSR count). The molecule has 19 heavy (non-hydrogen) atoms. The second-order valence-corrected chi connectivity index (χ2v) is 4.12. The van der Waals surface area contributed by atoms with Crippen LogP contribution in [0.3, 0.4) is 0 Å². The molecule has 1 aliphatic heterocycles. The fraction of sp³-hybridized carbons (Fsp3) is 0.0769. The highest BCUT2D eigenvalue weighted by Crippen LogP contribution is 2.21. The molecule has 0 fully saturated rings. The number of aryl methyl sites for hydroxylation is 1. The summed E-state index contributed by atoms with van der Waals surface area (Å²) >= 11 is 0. The van der Waals surface area contributed by atoms with Gasteiger partial charge in [0.25, 0.3) is 0 Å². The molecule has 0 unspecified atom stereocenters. The van der Waals surface area contributed by atoms with Gasteiger partial charge in [0, 0.05) is 18.1 Å². The number of aromatic nitrogens is 3. The summed E-state index contributed by atoms with van der Waals surface area (Å²) < 4.78 is 0. The molecular weight excluding hydrogens is 242 g/mol. The monoisotopic (exact) mass is 253 g/mol. The van der Waals surface area contributed by atoms with Gasteiger partial charge in [-0.05, 0) is 25.1 Å². The molecule has 2 aromatic heterocycles. The molecule has 0 atom stereocenters. The maximum atomic E-state index is 11.9. The fourth-order valence-electron chi connectivity index (χ4n) is 1.83. The molecule has 2 aromatic rings. The van der Waals surface area contributed by atoms with Crippen LogP contribution in [-0.2, 0) is 0 Å². The predicted octanol–water partition coefficient (Wildman–Crippen LogP) is 1.89. The molecule has 1 aliphatic rings. The molecule has 3 heterocycles. The average Bonchev–Trinajstić information content (AvgIpc) is 2.38. The van der Waals surface area contributed by atoms with E-state index in [9.17, 15) is 4.79 Å². The second kappa shape index (κ2) is 4.16. The Bertz CT molecular complexity index is 722. The molecule has 0 bridgehead atoms. The Morgan fingerprint density at radius 2 is 2.21 bits per heavy atom. The molecule has 0 saturated carbocycles. The largest absolute Gasteiger partial charge is 0.331 e. The number of carbonyl (C=O) groups is 1. The molecular formula is C13H11N5O. The molecule has 0 aromatic carbocycles. The maximum Gasteiger partial charge on any atom is 0.331 e. The number of amides is 2. The third-order valence-corrected chi connectivity index (χ3v) is 2.73. The summed E-state index contributed by atoms with van der Waals surface area (Å²) in [7, 11) is 0. The van der Waals surface area contributed by atoms with Crippen LogP contribution in [-0.4, -0.2) is 21.0 Å². The Balaban J connectivity index is 2.14. The minimum Gasteiger partial charge on any atom is -0.308 e. The zero-order valence-corrected chi connectivity index (χ0v) is 10.3. The highest BCUT2D eigenvalue weighted by Gasteiger charge is 2.21. The van der Waals surface area contributed by atoms with Gasteiger partial charge in [-0.25, -0.2) is 19.7 Å². The second-order valence-electron chi connectivity index (χ2n) is 4.12. The van der Waals surface area contributed by atoms with E-state index in [2.05, 4.69) is 26.8 Å². The van der Waals surface area contributed by atoms with Gasteiger partial charge in [0.15, 0.2) is 11.5 Å². The minimum absolute atomic E-state index is 0.298. The predicted molar refractivity (Wildman–Crippen MR) is 71.4 cm³/mol. The lowest BCUT2D eigenvalue weighted by atomic mass is 10.3. The first-order valence-corrected chi connectivity index (χ1v) is 5.72. The van der Waals surface area contributed by atoms with E-state index in [4.69, 9.17) is 0 Å². The van der Waals surface area contributed by atoms with Crippen molar-refractivity contribution in [2.24, 2.45) is 0 Å². The summed E-state index contributed by atoms with van der Waals surface area (Å²) in [4.78, 5) is 26.2. The van der Waals surface area contributed by atoms with Crippen LogP contribution in [0.1, 0.15) is 5.69 Å². The van der Waals surface area contributed by atoms with Gasteiger partial charge in [-0.15, -0.1) is 0 Å². The van der Waals surface area contributed by atoms with E-state index >= 15 is 0 Å². The number of hydrogen-bond acceptors (Lipinski definition) is 4. The van der Waals surface area contributed by atoms with Crippen LogP contribution in [0, 0.1) is 6.92 Å². The van der Waals surface area contributed by atoms with Crippen molar-refractivity contribution in [2.45, 2.75) is 6.92 Å². The Morgan fingerprint density at radius 1 is 1.37 bits per heavy atom. The maximum absolute atomic E-state index is 11.9. The molecule has 6 nitrogen and oxygen atoms in total. The van der Waals surface area contributed by atoms with Crippen molar-refractivity contribution in [3.63, 3.8) is 0 Å². The summed E-state index contributed by atoms with van der Waals surface area (Å²) in [6, 6.07) is 3.29. The topological polar surface area (TPSA) is 71.0 Å². The van der Waals surface area contributed by atoms with Crippen LogP contribution in [0.2, 0.25) is 0 Å². The molecule has 0 radical (unpaired) electrons. The lowest BCUT2D eigenvalue weighted by Crippen LogP contribution is -2.39. The summed E-state index contributed by atoms with van der Waals surface area (Å²) in [5.74, 6) is 0.488. The molecule has 94 valence electrons. The lowest BCUT2D eigenvalue weighted by Gasteiger charge is -2.23. The van der Waals surface area contributed by atoms with Crippen LogP contribution < -0.4 is 10.2 Å². The fourth-order valence-corrected chi connectivity index (χ4v) is 1.83. The Hall–Kier alpha value is -2.76. The number of rotatable bonds is 1. The van der Waals surface area contributed by atoms with Crippen molar-refractivity contribution in [1.29, 1.82) is 0 Å². The van der Waals surface area contributed by atoms with Gasteiger partial charge in [0.1, 0.15) is 5.52 Å². The normalized spacial score (nSPS) is 14.9. The number of nitrogens with zero attached hydrogens (tertiary/aromatic N) is 4. The number of pyridine rings is 1. The number of fused-ring (bicyclic) bond motifs is 1. The van der Waals surface area contributed by atoms with Crippen LogP contribution in [0.15, 0.2) is 42.9 Å². The minimum atomic E-state index is -0.298. The molecule has 2 amide bonds. The van der Waals surface area contributed by atoms with Crippen LogP contribution >= 0.6 is 0 Å². The van der Waals surface area contributed by atoms with E-state index in [1.54, 1.807) is 31.5 Å². The van der Waals surface area contributed by atoms with Crippen molar-refractivity contribution >= 4 is 23.0 Å². The molecule has 0 aliphatic carbocycles. The van der Waals surface area contributed by atoms with Crippen LogP contribution in [0.4, 0.5) is 10.6 Å². The van der Waals surface area contributed by atoms with E-state index < -0.39 is 0 Å². The van der Waals surface area contributed by atoms with Gasteiger partial charge in [-0.3, -0.25) is 4.90 Å². The number of nitrogens with one attached hydrogen (secondary N) is 1. The first kappa shape index (κ1) is 11.3. The van der Waals surface area contributed by atoms with Gasteiger partial charge in [0.05, 0.1) is 5.69 Å². The van der Waals surface area contributed by atoms with Gasteiger partial charge < -0.3 is 5.32 Å². The summed E-state index contributed by atoms with van der Waals surface area (Å²) in [6.45, 7) is 5.47. The number of urea groups is 1. The first-order chi connectivity index (χ1) is 9.15. The highest BCUT2D eigenvalue weighted by atomic mass is 16.2. The zero-order chi connectivity index (χ0) is 13.4. The number of carbonyl (C=O) groups excluding carboxylic acids is 1. The summed E-state index contributed by atoms with van der Waals surface area (Å²) in [5.41, 5.74) is 2.40. The number of allylic oxidation sites excluding steroid dienone is 1. The van der Waals surface area contributed by atoms with Crippen LogP contribution in [0.25, 0.3) is 11.2 Å². The molecule has 1 N–H and O–H groups in total. The zero-order valence-electron chi connectivity index (χ0n) is 10.3. The van der Waals surface area contributed by atoms with Crippen molar-refractivity contribution in [3.05, 3.63) is 48.6 Å². The SMILES string of the molecule is C=C1C=CN(c2nc3cccnc3nc2C)C(=O)N1. The highest BCUT2D eigenvalue weighted by molar-refractivity contribution is 5.96. The smallest absolute Gasteiger partial charge is 0.308 e. The Morgan fingerprint density at radius 3 is 3.00 bits per heavy atom. The third kappa shape index (κ3) is 1.93. The molecule has 0 saturated heterocycles. The standard InChI is InChI=1S/C13H11N5O/c1-8-5-7-18(13(19)15-8)12-9(2)16-11-10(17-12)4-3-6-14-11/h3-7H,1H2,2H3,(H,15,19). The summed E-state index contributed by atoms with van der Waals surface area (Å²) in [5, 5.41) is 2.63. The number of anilines is 1. The Labute approximate surface area is 109 Å². The van der Waals surface area contributed by atoms with Gasteiger partial charge in [0.2, 0.25) is 0 Å².